The van der Waals surface area contributed by atoms with Crippen LogP contribution in [0.5, 0.6) is 0 Å². The summed E-state index contributed by atoms with van der Waals surface area (Å²) in [5.41, 5.74) is -0.400. The number of carbonyl (C=O) groups is 3. The lowest BCUT2D eigenvalue weighted by Gasteiger charge is -2.34. The molecule has 4 rings (SSSR count). The molecule has 0 N–H and O–H groups in total. The molecule has 4 aliphatic rings. The van der Waals surface area contributed by atoms with Gasteiger partial charge < -0.3 is 14.2 Å². The highest BCUT2D eigenvalue weighted by Crippen LogP contribution is 2.59. The van der Waals surface area contributed by atoms with Gasteiger partial charge >= 0.3 is 17.9 Å². The number of halogens is 1. The predicted octanol–water partition coefficient (Wildman–Crippen LogP) is 2.21. The van der Waals surface area contributed by atoms with Gasteiger partial charge in [-0.3, -0.25) is 14.4 Å². The van der Waals surface area contributed by atoms with Crippen molar-refractivity contribution in [3.05, 3.63) is 0 Å². The maximum atomic E-state index is 13.0. The number of hydrogen-bond acceptors (Lipinski definition) is 6. The van der Waals surface area contributed by atoms with Gasteiger partial charge in [0, 0.05) is 11.8 Å². The van der Waals surface area contributed by atoms with Gasteiger partial charge in [-0.05, 0) is 38.5 Å². The van der Waals surface area contributed by atoms with Crippen molar-refractivity contribution in [2.45, 2.75) is 63.3 Å². The van der Waals surface area contributed by atoms with Crippen molar-refractivity contribution < 1.29 is 28.6 Å². The van der Waals surface area contributed by atoms with E-state index >= 15 is 0 Å². The third kappa shape index (κ3) is 2.56. The Bertz CT molecular complexity index is 598. The number of carbonyl (C=O) groups excluding carboxylic acids is 3. The minimum atomic E-state index is -0.586. The van der Waals surface area contributed by atoms with Crippen LogP contribution in [0.3, 0.4) is 0 Å². The molecule has 25 heavy (non-hydrogen) atoms. The van der Waals surface area contributed by atoms with E-state index < -0.39 is 35.6 Å². The van der Waals surface area contributed by atoms with Gasteiger partial charge in [0.15, 0.2) is 0 Å². The molecule has 0 aromatic heterocycles. The Hall–Kier alpha value is -1.30. The first-order chi connectivity index (χ1) is 12.0. The van der Waals surface area contributed by atoms with Crippen molar-refractivity contribution in [2.75, 3.05) is 5.88 Å². The second-order valence-corrected chi connectivity index (χ2v) is 8.04. The first-order valence-corrected chi connectivity index (χ1v) is 9.72. The zero-order valence-electron chi connectivity index (χ0n) is 14.2. The van der Waals surface area contributed by atoms with Crippen molar-refractivity contribution in [1.82, 2.24) is 0 Å². The molecule has 6 atom stereocenters. The highest BCUT2D eigenvalue weighted by atomic mass is 35.5. The van der Waals surface area contributed by atoms with Gasteiger partial charge in [0.1, 0.15) is 23.7 Å². The Morgan fingerprint density at radius 2 is 2.00 bits per heavy atom. The van der Waals surface area contributed by atoms with Crippen LogP contribution < -0.4 is 0 Å². The normalized spacial score (nSPS) is 40.2. The molecule has 6 nitrogen and oxygen atoms in total. The maximum Gasteiger partial charge on any atom is 0.321 e. The Morgan fingerprint density at radius 3 is 2.64 bits per heavy atom. The third-order valence-electron chi connectivity index (χ3n) is 6.67. The summed E-state index contributed by atoms with van der Waals surface area (Å²) in [4.78, 5) is 36.9. The van der Waals surface area contributed by atoms with Gasteiger partial charge in [-0.25, -0.2) is 0 Å². The number of esters is 3. The Kier molecular flexibility index (Phi) is 4.21. The SMILES string of the molecule is CCC1(OC(=O)C2C3CC4C(OC(=O)C42)C3OC(=O)CCl)CCCC1. The minimum Gasteiger partial charge on any atom is -0.459 e. The van der Waals surface area contributed by atoms with Crippen LogP contribution in [0.15, 0.2) is 0 Å². The van der Waals surface area contributed by atoms with Crippen LogP contribution in [0.2, 0.25) is 0 Å². The van der Waals surface area contributed by atoms with Gasteiger partial charge in [0.25, 0.3) is 0 Å². The molecule has 0 spiro atoms. The van der Waals surface area contributed by atoms with Gasteiger partial charge in [-0.15, -0.1) is 11.6 Å². The fourth-order valence-corrected chi connectivity index (χ4v) is 5.54. The summed E-state index contributed by atoms with van der Waals surface area (Å²) >= 11 is 5.54. The molecule has 1 aliphatic heterocycles. The van der Waals surface area contributed by atoms with Crippen LogP contribution >= 0.6 is 11.6 Å². The van der Waals surface area contributed by atoms with E-state index in [9.17, 15) is 14.4 Å². The molecule has 7 heteroatoms. The lowest BCUT2D eigenvalue weighted by Crippen LogP contribution is -2.45. The average molecular weight is 371 g/mol. The number of hydrogen-bond donors (Lipinski definition) is 0. The van der Waals surface area contributed by atoms with Crippen molar-refractivity contribution in [2.24, 2.45) is 23.7 Å². The van der Waals surface area contributed by atoms with E-state index in [4.69, 9.17) is 25.8 Å². The van der Waals surface area contributed by atoms with Crippen molar-refractivity contribution in [3.8, 4) is 0 Å². The first-order valence-electron chi connectivity index (χ1n) is 9.18. The molecular formula is C18H23ClO6. The lowest BCUT2D eigenvalue weighted by atomic mass is 9.78. The summed E-state index contributed by atoms with van der Waals surface area (Å²) in [6.45, 7) is 2.03. The van der Waals surface area contributed by atoms with E-state index in [1.807, 2.05) is 6.92 Å². The average Bonchev–Trinajstić information content (AvgIpc) is 3.32. The summed E-state index contributed by atoms with van der Waals surface area (Å²) in [5.74, 6) is -2.81. The van der Waals surface area contributed by atoms with Crippen LogP contribution in [0.4, 0.5) is 0 Å². The van der Waals surface area contributed by atoms with E-state index in [1.165, 1.54) is 0 Å². The topological polar surface area (TPSA) is 78.9 Å². The standard InChI is InChI=1S/C18H23ClO6/c1-2-18(5-3-4-6-18)25-17(22)13-10-7-9-12(13)16(21)24-15(9)14(10)23-11(20)8-19/h9-10,12-15H,2-8H2,1H3. The molecule has 6 unspecified atom stereocenters. The van der Waals surface area contributed by atoms with E-state index in [1.54, 1.807) is 0 Å². The molecular weight excluding hydrogens is 348 g/mol. The maximum absolute atomic E-state index is 13.0. The van der Waals surface area contributed by atoms with Gasteiger partial charge in [0.2, 0.25) is 0 Å². The highest BCUT2D eigenvalue weighted by Gasteiger charge is 2.70. The second-order valence-electron chi connectivity index (χ2n) is 7.77. The number of alkyl halides is 1. The highest BCUT2D eigenvalue weighted by molar-refractivity contribution is 6.26. The minimum absolute atomic E-state index is 0.0654. The first kappa shape index (κ1) is 17.1. The van der Waals surface area contributed by atoms with Crippen LogP contribution in [0.1, 0.15) is 45.4 Å². The molecule has 0 aromatic rings. The Morgan fingerprint density at radius 1 is 1.28 bits per heavy atom. The number of fused-ring (bicyclic) bond motifs is 1. The van der Waals surface area contributed by atoms with Crippen molar-refractivity contribution >= 4 is 29.5 Å². The largest absolute Gasteiger partial charge is 0.459 e. The molecule has 3 saturated carbocycles. The predicted molar refractivity (Wildman–Crippen MR) is 86.6 cm³/mol. The van der Waals surface area contributed by atoms with E-state index in [2.05, 4.69) is 0 Å². The molecule has 138 valence electrons. The van der Waals surface area contributed by atoms with Crippen LogP contribution in [-0.2, 0) is 28.6 Å². The molecule has 1 saturated heterocycles. The van der Waals surface area contributed by atoms with E-state index in [-0.39, 0.29) is 29.7 Å². The molecule has 0 aromatic carbocycles. The van der Waals surface area contributed by atoms with E-state index in [0.717, 1.165) is 32.1 Å². The zero-order valence-corrected chi connectivity index (χ0v) is 15.0. The van der Waals surface area contributed by atoms with Gasteiger partial charge in [-0.1, -0.05) is 6.92 Å². The second kappa shape index (κ2) is 6.15. The fourth-order valence-electron chi connectivity index (χ4n) is 5.48. The summed E-state index contributed by atoms with van der Waals surface area (Å²) in [6.07, 6.45) is 4.27. The number of ether oxygens (including phenoxy) is 3. The summed E-state index contributed by atoms with van der Waals surface area (Å²) < 4.78 is 16.8. The summed E-state index contributed by atoms with van der Waals surface area (Å²) in [5, 5.41) is 0. The summed E-state index contributed by atoms with van der Waals surface area (Å²) in [6, 6.07) is 0. The Labute approximate surface area is 151 Å². The van der Waals surface area contributed by atoms with Crippen molar-refractivity contribution in [3.63, 3.8) is 0 Å². The molecule has 3 aliphatic carbocycles. The van der Waals surface area contributed by atoms with Crippen LogP contribution in [0, 0.1) is 23.7 Å². The number of rotatable bonds is 5. The quantitative estimate of drug-likeness (QED) is 0.419. The smallest absolute Gasteiger partial charge is 0.321 e. The lowest BCUT2D eigenvalue weighted by molar-refractivity contribution is -0.174. The monoisotopic (exact) mass is 370 g/mol. The van der Waals surface area contributed by atoms with E-state index in [0.29, 0.717) is 6.42 Å². The molecule has 4 fully saturated rings. The Balaban J connectivity index is 1.55. The van der Waals surface area contributed by atoms with Crippen molar-refractivity contribution in [1.29, 1.82) is 0 Å². The molecule has 2 bridgehead atoms. The summed E-state index contributed by atoms with van der Waals surface area (Å²) in [7, 11) is 0. The van der Waals surface area contributed by atoms with Gasteiger partial charge in [0.05, 0.1) is 11.8 Å². The zero-order chi connectivity index (χ0) is 17.8. The molecule has 0 amide bonds. The third-order valence-corrected chi connectivity index (χ3v) is 6.89. The van der Waals surface area contributed by atoms with Crippen LogP contribution in [0.25, 0.3) is 0 Å². The van der Waals surface area contributed by atoms with Crippen LogP contribution in [-0.4, -0.2) is 41.6 Å². The molecule has 1 heterocycles. The molecule has 0 radical (unpaired) electrons. The van der Waals surface area contributed by atoms with Gasteiger partial charge in [-0.2, -0.15) is 0 Å². The fraction of sp³-hybridized carbons (Fsp3) is 0.833.